The van der Waals surface area contributed by atoms with Crippen LogP contribution in [0.4, 0.5) is 0 Å². The molecule has 3 N–H and O–H groups in total. The second-order valence-electron chi connectivity index (χ2n) is 6.16. The monoisotopic (exact) mass is 300 g/mol. The van der Waals surface area contributed by atoms with Gasteiger partial charge >= 0.3 is 0 Å². The standard InChI is InChI=1S/C17H20N2OS/c1-17(2,10-18)19-16(20)14-9-12-8-7-11-5-3-4-6-13(11)15(12)21-14/h3-6,9H,7-8,10,18H2,1-2H3,(H,19,20). The van der Waals surface area contributed by atoms with Gasteiger partial charge in [-0.05, 0) is 49.4 Å². The first-order chi connectivity index (χ1) is 10.00. The van der Waals surface area contributed by atoms with Gasteiger partial charge < -0.3 is 11.1 Å². The van der Waals surface area contributed by atoms with E-state index in [-0.39, 0.29) is 11.4 Å². The summed E-state index contributed by atoms with van der Waals surface area (Å²) in [6, 6.07) is 10.5. The van der Waals surface area contributed by atoms with Gasteiger partial charge in [-0.15, -0.1) is 11.3 Å². The summed E-state index contributed by atoms with van der Waals surface area (Å²) in [5.41, 5.74) is 9.25. The van der Waals surface area contributed by atoms with Crippen molar-refractivity contribution in [2.24, 2.45) is 5.73 Å². The summed E-state index contributed by atoms with van der Waals surface area (Å²) in [4.78, 5) is 14.4. The second kappa shape index (κ2) is 5.28. The smallest absolute Gasteiger partial charge is 0.261 e. The third-order valence-corrected chi connectivity index (χ3v) is 5.13. The molecule has 110 valence electrons. The predicted molar refractivity (Wildman–Crippen MR) is 87.8 cm³/mol. The molecule has 3 rings (SSSR count). The van der Waals surface area contributed by atoms with Crippen molar-refractivity contribution in [3.05, 3.63) is 46.3 Å². The van der Waals surface area contributed by atoms with Crippen LogP contribution in [-0.4, -0.2) is 18.0 Å². The van der Waals surface area contributed by atoms with Gasteiger partial charge in [-0.3, -0.25) is 4.79 Å². The van der Waals surface area contributed by atoms with Crippen LogP contribution < -0.4 is 11.1 Å². The molecule has 2 aromatic rings. The molecule has 0 spiro atoms. The number of hydrogen-bond donors (Lipinski definition) is 2. The molecule has 0 unspecified atom stereocenters. The van der Waals surface area contributed by atoms with Crippen LogP contribution in [0.3, 0.4) is 0 Å². The van der Waals surface area contributed by atoms with Crippen LogP contribution in [0.2, 0.25) is 0 Å². The van der Waals surface area contributed by atoms with Crippen molar-refractivity contribution in [2.45, 2.75) is 32.2 Å². The fourth-order valence-electron chi connectivity index (χ4n) is 2.60. The summed E-state index contributed by atoms with van der Waals surface area (Å²) in [7, 11) is 0. The van der Waals surface area contributed by atoms with Crippen LogP contribution in [0.15, 0.2) is 30.3 Å². The van der Waals surface area contributed by atoms with Crippen LogP contribution in [0.5, 0.6) is 0 Å². The van der Waals surface area contributed by atoms with Crippen molar-refractivity contribution in [1.29, 1.82) is 0 Å². The van der Waals surface area contributed by atoms with E-state index in [1.54, 1.807) is 11.3 Å². The van der Waals surface area contributed by atoms with Crippen LogP contribution >= 0.6 is 11.3 Å². The molecule has 3 nitrogen and oxygen atoms in total. The Hall–Kier alpha value is -1.65. The lowest BCUT2D eigenvalue weighted by Gasteiger charge is -2.23. The van der Waals surface area contributed by atoms with Gasteiger partial charge in [-0.1, -0.05) is 24.3 Å². The van der Waals surface area contributed by atoms with Crippen molar-refractivity contribution >= 4 is 17.2 Å². The van der Waals surface area contributed by atoms with Gasteiger partial charge in [0.1, 0.15) is 0 Å². The number of carbonyl (C=O) groups excluding carboxylic acids is 1. The first-order valence-corrected chi connectivity index (χ1v) is 8.05. The van der Waals surface area contributed by atoms with E-state index in [0.29, 0.717) is 6.54 Å². The quantitative estimate of drug-likeness (QED) is 0.915. The molecule has 0 aliphatic heterocycles. The molecule has 4 heteroatoms. The zero-order valence-electron chi connectivity index (χ0n) is 12.4. The number of hydrogen-bond acceptors (Lipinski definition) is 3. The van der Waals surface area contributed by atoms with E-state index in [1.165, 1.54) is 21.6 Å². The van der Waals surface area contributed by atoms with Crippen molar-refractivity contribution in [2.75, 3.05) is 6.54 Å². The van der Waals surface area contributed by atoms with Crippen molar-refractivity contribution in [1.82, 2.24) is 5.32 Å². The minimum Gasteiger partial charge on any atom is -0.345 e. The number of rotatable bonds is 3. The molecule has 1 amide bonds. The number of thiophene rings is 1. The first-order valence-electron chi connectivity index (χ1n) is 7.24. The third-order valence-electron chi connectivity index (χ3n) is 3.92. The van der Waals surface area contributed by atoms with Gasteiger partial charge in [0.25, 0.3) is 5.91 Å². The van der Waals surface area contributed by atoms with Crippen LogP contribution in [-0.2, 0) is 12.8 Å². The Balaban J connectivity index is 1.92. The van der Waals surface area contributed by atoms with E-state index in [4.69, 9.17) is 5.73 Å². The Morgan fingerprint density at radius 2 is 2.00 bits per heavy atom. The Labute approximate surface area is 129 Å². The van der Waals surface area contributed by atoms with E-state index >= 15 is 0 Å². The van der Waals surface area contributed by atoms with Crippen molar-refractivity contribution in [3.63, 3.8) is 0 Å². The number of carbonyl (C=O) groups is 1. The lowest BCUT2D eigenvalue weighted by Crippen LogP contribution is -2.48. The van der Waals surface area contributed by atoms with Crippen molar-refractivity contribution in [3.8, 4) is 10.4 Å². The molecular formula is C17H20N2OS. The maximum atomic E-state index is 12.4. The summed E-state index contributed by atoms with van der Waals surface area (Å²) in [5, 5.41) is 3.00. The number of nitrogens with two attached hydrogens (primary N) is 1. The lowest BCUT2D eigenvalue weighted by atomic mass is 9.91. The summed E-state index contributed by atoms with van der Waals surface area (Å²) < 4.78 is 0. The number of nitrogens with one attached hydrogen (secondary N) is 1. The van der Waals surface area contributed by atoms with E-state index in [1.807, 2.05) is 19.9 Å². The summed E-state index contributed by atoms with van der Waals surface area (Å²) in [5.74, 6) is -0.0256. The van der Waals surface area contributed by atoms with Gasteiger partial charge in [0.2, 0.25) is 0 Å². The molecule has 0 atom stereocenters. The number of benzene rings is 1. The zero-order chi connectivity index (χ0) is 15.0. The summed E-state index contributed by atoms with van der Waals surface area (Å²) in [6.45, 7) is 4.30. The van der Waals surface area contributed by atoms with E-state index < -0.39 is 0 Å². The highest BCUT2D eigenvalue weighted by Crippen LogP contribution is 2.39. The molecule has 1 aliphatic rings. The van der Waals surface area contributed by atoms with Crippen LogP contribution in [0, 0.1) is 0 Å². The van der Waals surface area contributed by atoms with Gasteiger partial charge in [0, 0.05) is 17.0 Å². The maximum absolute atomic E-state index is 12.4. The molecule has 0 saturated heterocycles. The topological polar surface area (TPSA) is 55.1 Å². The lowest BCUT2D eigenvalue weighted by molar-refractivity contribution is 0.0920. The average molecular weight is 300 g/mol. The minimum absolute atomic E-state index is 0.0256. The molecular weight excluding hydrogens is 280 g/mol. The highest BCUT2D eigenvalue weighted by Gasteiger charge is 2.24. The third kappa shape index (κ3) is 2.74. The average Bonchev–Trinajstić information content (AvgIpc) is 2.91. The Morgan fingerprint density at radius 1 is 1.29 bits per heavy atom. The van der Waals surface area contributed by atoms with Gasteiger partial charge in [-0.2, -0.15) is 0 Å². The normalized spacial score (nSPS) is 13.5. The predicted octanol–water partition coefficient (Wildman–Crippen LogP) is 2.98. The second-order valence-corrected chi connectivity index (χ2v) is 7.22. The summed E-state index contributed by atoms with van der Waals surface area (Å²) >= 11 is 1.58. The minimum atomic E-state index is -0.376. The van der Waals surface area contributed by atoms with Crippen LogP contribution in [0.25, 0.3) is 10.4 Å². The summed E-state index contributed by atoms with van der Waals surface area (Å²) in [6.07, 6.45) is 2.06. The number of aryl methyl sites for hydroxylation is 2. The first kappa shape index (κ1) is 14.3. The fourth-order valence-corrected chi connectivity index (χ4v) is 3.77. The van der Waals surface area contributed by atoms with E-state index in [2.05, 4.69) is 29.6 Å². The zero-order valence-corrected chi connectivity index (χ0v) is 13.2. The van der Waals surface area contributed by atoms with Crippen LogP contribution in [0.1, 0.15) is 34.6 Å². The largest absolute Gasteiger partial charge is 0.345 e. The van der Waals surface area contributed by atoms with E-state index in [9.17, 15) is 4.79 Å². The molecule has 1 heterocycles. The van der Waals surface area contributed by atoms with Gasteiger partial charge in [-0.25, -0.2) is 0 Å². The highest BCUT2D eigenvalue weighted by molar-refractivity contribution is 7.17. The number of fused-ring (bicyclic) bond motifs is 3. The highest BCUT2D eigenvalue weighted by atomic mass is 32.1. The molecule has 0 saturated carbocycles. The van der Waals surface area contributed by atoms with Gasteiger partial charge in [0.05, 0.1) is 4.88 Å². The Kier molecular flexibility index (Phi) is 3.59. The SMILES string of the molecule is CC(C)(CN)NC(=O)c1cc2c(s1)-c1ccccc1CC2. The molecule has 1 aromatic carbocycles. The Morgan fingerprint density at radius 3 is 2.76 bits per heavy atom. The molecule has 0 fully saturated rings. The van der Waals surface area contributed by atoms with Crippen molar-refractivity contribution < 1.29 is 4.79 Å². The molecule has 1 aromatic heterocycles. The Bertz CT molecular complexity index is 688. The maximum Gasteiger partial charge on any atom is 0.261 e. The number of amides is 1. The molecule has 1 aliphatic carbocycles. The molecule has 0 bridgehead atoms. The fraction of sp³-hybridized carbons (Fsp3) is 0.353. The molecule has 21 heavy (non-hydrogen) atoms. The molecule has 0 radical (unpaired) electrons. The van der Waals surface area contributed by atoms with Gasteiger partial charge in [0.15, 0.2) is 0 Å². The van der Waals surface area contributed by atoms with E-state index in [0.717, 1.165) is 17.7 Å².